The number of rotatable bonds is 4. The van der Waals surface area contributed by atoms with Crippen molar-refractivity contribution in [3.63, 3.8) is 0 Å². The Morgan fingerprint density at radius 2 is 1.58 bits per heavy atom. The average molecular weight is 343 g/mol. The Hall–Kier alpha value is -3.53. The smallest absolute Gasteiger partial charge is 0.210 e. The summed E-state index contributed by atoms with van der Waals surface area (Å²) in [4.78, 5) is 25.1. The molecule has 0 saturated heterocycles. The van der Waals surface area contributed by atoms with Crippen molar-refractivity contribution < 1.29 is 14.0 Å². The summed E-state index contributed by atoms with van der Waals surface area (Å²) in [5, 5.41) is 0. The van der Waals surface area contributed by atoms with Gasteiger partial charge in [0.25, 0.3) is 0 Å². The highest BCUT2D eigenvalue weighted by Gasteiger charge is 2.24. The number of hydrogen-bond acceptors (Lipinski definition) is 2. The zero-order valence-electron chi connectivity index (χ0n) is 13.7. The van der Waals surface area contributed by atoms with Gasteiger partial charge in [-0.15, -0.1) is 0 Å². The summed E-state index contributed by atoms with van der Waals surface area (Å²) >= 11 is 0. The van der Waals surface area contributed by atoms with E-state index < -0.39 is 0 Å². The van der Waals surface area contributed by atoms with E-state index in [1.807, 2.05) is 12.1 Å². The molecule has 0 fully saturated rings. The predicted octanol–water partition coefficient (Wildman–Crippen LogP) is 4.79. The van der Waals surface area contributed by atoms with Gasteiger partial charge in [-0.3, -0.25) is 9.59 Å². The van der Waals surface area contributed by atoms with Gasteiger partial charge in [-0.1, -0.05) is 48.5 Å². The summed E-state index contributed by atoms with van der Waals surface area (Å²) in [7, 11) is 0. The summed E-state index contributed by atoms with van der Waals surface area (Å²) in [5.41, 5.74) is 3.10. The maximum Gasteiger partial charge on any atom is 0.210 e. The van der Waals surface area contributed by atoms with E-state index in [9.17, 15) is 14.0 Å². The topological polar surface area (TPSA) is 38.5 Å². The number of carbonyl (C=O) groups is 2. The molecule has 2 heterocycles. The Labute approximate surface area is 149 Å². The van der Waals surface area contributed by atoms with Crippen LogP contribution < -0.4 is 0 Å². The monoisotopic (exact) mass is 343 g/mol. The van der Waals surface area contributed by atoms with E-state index in [0.717, 1.165) is 6.29 Å². The lowest BCUT2D eigenvalue weighted by Gasteiger charge is -2.07. The molecule has 126 valence electrons. The fourth-order valence-corrected chi connectivity index (χ4v) is 3.21. The Morgan fingerprint density at radius 3 is 2.27 bits per heavy atom. The third kappa shape index (κ3) is 2.52. The number of hydrogen-bond donors (Lipinski definition) is 0. The molecule has 0 atom stereocenters. The van der Waals surface area contributed by atoms with Gasteiger partial charge in [0, 0.05) is 22.9 Å². The predicted molar refractivity (Wildman–Crippen MR) is 98.1 cm³/mol. The summed E-state index contributed by atoms with van der Waals surface area (Å²) in [6.07, 6.45) is 2.50. The molecule has 0 bridgehead atoms. The summed E-state index contributed by atoms with van der Waals surface area (Å²) < 4.78 is 15.1. The minimum atomic E-state index is -0.374. The number of benzene rings is 2. The molecule has 4 aromatic rings. The van der Waals surface area contributed by atoms with Gasteiger partial charge in [0.1, 0.15) is 11.5 Å². The van der Waals surface area contributed by atoms with Crippen LogP contribution in [0, 0.1) is 5.82 Å². The molecule has 0 aliphatic heterocycles. The molecule has 0 N–H and O–H groups in total. The van der Waals surface area contributed by atoms with Crippen LogP contribution in [-0.2, 0) is 0 Å². The minimum Gasteiger partial charge on any atom is -0.312 e. The number of pyridine rings is 1. The van der Waals surface area contributed by atoms with E-state index in [0.29, 0.717) is 33.5 Å². The number of fused-ring (bicyclic) bond motifs is 1. The van der Waals surface area contributed by atoms with Crippen molar-refractivity contribution in [2.24, 2.45) is 0 Å². The lowest BCUT2D eigenvalue weighted by Crippen LogP contribution is -2.06. The van der Waals surface area contributed by atoms with Crippen LogP contribution >= 0.6 is 0 Å². The fourth-order valence-electron chi connectivity index (χ4n) is 3.21. The lowest BCUT2D eigenvalue weighted by molar-refractivity contribution is 0.103. The number of aromatic nitrogens is 1. The van der Waals surface area contributed by atoms with E-state index in [-0.39, 0.29) is 11.6 Å². The van der Waals surface area contributed by atoms with Crippen molar-refractivity contribution in [3.05, 3.63) is 102 Å². The maximum absolute atomic E-state index is 13.4. The van der Waals surface area contributed by atoms with Crippen molar-refractivity contribution in [3.8, 4) is 11.1 Å². The van der Waals surface area contributed by atoms with Crippen LogP contribution in [0.3, 0.4) is 0 Å². The van der Waals surface area contributed by atoms with Gasteiger partial charge in [0.05, 0.1) is 5.52 Å². The molecule has 2 aromatic carbocycles. The first kappa shape index (κ1) is 16.0. The van der Waals surface area contributed by atoms with Crippen molar-refractivity contribution >= 4 is 17.6 Å². The molecule has 4 rings (SSSR count). The SMILES string of the molecule is O=Cc1c(-c2ccc(F)cc2)c(C(=O)c2ccccc2)n2ccccc12. The van der Waals surface area contributed by atoms with Crippen LogP contribution in [0.15, 0.2) is 79.0 Å². The van der Waals surface area contributed by atoms with E-state index in [4.69, 9.17) is 0 Å². The third-order valence-electron chi connectivity index (χ3n) is 4.38. The first-order chi connectivity index (χ1) is 12.7. The normalized spacial score (nSPS) is 10.8. The molecule has 2 aromatic heterocycles. The van der Waals surface area contributed by atoms with Gasteiger partial charge in [0.2, 0.25) is 5.78 Å². The second-order valence-corrected chi connectivity index (χ2v) is 5.91. The minimum absolute atomic E-state index is 0.195. The maximum atomic E-state index is 13.4. The van der Waals surface area contributed by atoms with E-state index in [1.165, 1.54) is 12.1 Å². The van der Waals surface area contributed by atoms with Crippen molar-refractivity contribution in [2.45, 2.75) is 0 Å². The van der Waals surface area contributed by atoms with Crippen LogP contribution in [0.2, 0.25) is 0 Å². The first-order valence-electron chi connectivity index (χ1n) is 8.14. The molecular formula is C22H14FNO2. The van der Waals surface area contributed by atoms with E-state index in [2.05, 4.69) is 0 Å². The Morgan fingerprint density at radius 1 is 0.885 bits per heavy atom. The quantitative estimate of drug-likeness (QED) is 0.395. The standard InChI is InChI=1S/C22H14FNO2/c23-17-11-9-15(10-12-17)20-18(14-25)19-8-4-5-13-24(19)21(20)22(26)16-6-2-1-3-7-16/h1-14H. The second kappa shape index (κ2) is 6.41. The van der Waals surface area contributed by atoms with Gasteiger partial charge in [-0.25, -0.2) is 4.39 Å². The Balaban J connectivity index is 2.07. The molecule has 4 heteroatoms. The fraction of sp³-hybridized carbons (Fsp3) is 0. The molecule has 0 unspecified atom stereocenters. The number of aldehydes is 1. The van der Waals surface area contributed by atoms with Crippen molar-refractivity contribution in [1.82, 2.24) is 4.40 Å². The zero-order valence-corrected chi connectivity index (χ0v) is 13.7. The zero-order chi connectivity index (χ0) is 18.1. The van der Waals surface area contributed by atoms with E-state index in [1.54, 1.807) is 59.1 Å². The van der Waals surface area contributed by atoms with Gasteiger partial charge in [-0.2, -0.15) is 0 Å². The van der Waals surface area contributed by atoms with Crippen LogP contribution in [0.1, 0.15) is 26.4 Å². The highest BCUT2D eigenvalue weighted by molar-refractivity contribution is 6.16. The van der Waals surface area contributed by atoms with Gasteiger partial charge in [-0.05, 0) is 29.8 Å². The van der Waals surface area contributed by atoms with Crippen LogP contribution in [0.5, 0.6) is 0 Å². The molecule has 0 radical (unpaired) electrons. The molecule has 3 nitrogen and oxygen atoms in total. The van der Waals surface area contributed by atoms with Crippen LogP contribution in [0.25, 0.3) is 16.6 Å². The Bertz CT molecular complexity index is 1110. The first-order valence-corrected chi connectivity index (χ1v) is 8.14. The van der Waals surface area contributed by atoms with Crippen molar-refractivity contribution in [1.29, 1.82) is 0 Å². The second-order valence-electron chi connectivity index (χ2n) is 5.91. The average Bonchev–Trinajstić information content (AvgIpc) is 3.03. The summed E-state index contributed by atoms with van der Waals surface area (Å²) in [6, 6.07) is 20.1. The number of carbonyl (C=O) groups excluding carboxylic acids is 2. The van der Waals surface area contributed by atoms with Crippen molar-refractivity contribution in [2.75, 3.05) is 0 Å². The molecule has 0 amide bonds. The number of ketones is 1. The third-order valence-corrected chi connectivity index (χ3v) is 4.38. The lowest BCUT2D eigenvalue weighted by atomic mass is 9.97. The van der Waals surface area contributed by atoms with E-state index >= 15 is 0 Å². The number of halogens is 1. The van der Waals surface area contributed by atoms with Crippen LogP contribution in [-0.4, -0.2) is 16.5 Å². The van der Waals surface area contributed by atoms with Gasteiger partial charge in [0.15, 0.2) is 6.29 Å². The number of nitrogens with zero attached hydrogens (tertiary/aromatic N) is 1. The summed E-state index contributed by atoms with van der Waals surface area (Å²) in [5.74, 6) is -0.569. The van der Waals surface area contributed by atoms with Gasteiger partial charge >= 0.3 is 0 Å². The van der Waals surface area contributed by atoms with Crippen LogP contribution in [0.4, 0.5) is 4.39 Å². The van der Waals surface area contributed by atoms with Gasteiger partial charge < -0.3 is 4.40 Å². The molecule has 0 aliphatic carbocycles. The molecule has 0 aliphatic rings. The largest absolute Gasteiger partial charge is 0.312 e. The molecule has 0 spiro atoms. The molecule has 26 heavy (non-hydrogen) atoms. The molecular weight excluding hydrogens is 329 g/mol. The highest BCUT2D eigenvalue weighted by atomic mass is 19.1. The summed E-state index contributed by atoms with van der Waals surface area (Å²) in [6.45, 7) is 0. The highest BCUT2D eigenvalue weighted by Crippen LogP contribution is 2.33. The Kier molecular flexibility index (Phi) is 3.93. The molecule has 0 saturated carbocycles.